The van der Waals surface area contributed by atoms with Crippen LogP contribution in [0.15, 0.2) is 53.0 Å². The Kier molecular flexibility index (Phi) is 6.43. The van der Waals surface area contributed by atoms with E-state index in [1.165, 1.54) is 16.7 Å². The van der Waals surface area contributed by atoms with Crippen LogP contribution in [0.3, 0.4) is 0 Å². The lowest BCUT2D eigenvalue weighted by atomic mass is 10.1. The highest BCUT2D eigenvalue weighted by Crippen LogP contribution is 2.23. The van der Waals surface area contributed by atoms with Crippen molar-refractivity contribution in [3.63, 3.8) is 0 Å². The van der Waals surface area contributed by atoms with Crippen molar-refractivity contribution in [2.45, 2.75) is 33.1 Å². The first kappa shape index (κ1) is 16.2. The average Bonchev–Trinajstić information content (AvgIpc) is 2.52. The lowest BCUT2D eigenvalue weighted by molar-refractivity contribution is 0.0522. The smallest absolute Gasteiger partial charge is 0.0801 e. The van der Waals surface area contributed by atoms with Gasteiger partial charge in [-0.3, -0.25) is 0 Å². The predicted molar refractivity (Wildman–Crippen MR) is 91.2 cm³/mol. The Balaban J connectivity index is 1.94. The van der Waals surface area contributed by atoms with E-state index in [1.807, 2.05) is 18.2 Å². The quantitative estimate of drug-likeness (QED) is 0.773. The normalized spacial score (nSPS) is 12.3. The van der Waals surface area contributed by atoms with Gasteiger partial charge in [0.15, 0.2) is 0 Å². The number of hydrogen-bond donors (Lipinski definition) is 1. The maximum atomic E-state index is 5.97. The van der Waals surface area contributed by atoms with Crippen molar-refractivity contribution < 1.29 is 4.74 Å². The number of halogens is 1. The van der Waals surface area contributed by atoms with Crippen LogP contribution >= 0.6 is 15.9 Å². The molecular weight excluding hydrogens is 326 g/mol. The van der Waals surface area contributed by atoms with Crippen LogP contribution in [0.5, 0.6) is 0 Å². The summed E-state index contributed by atoms with van der Waals surface area (Å²) in [4.78, 5) is 0. The van der Waals surface area contributed by atoms with Gasteiger partial charge in [0.1, 0.15) is 0 Å². The molecule has 0 aromatic heterocycles. The molecule has 1 atom stereocenters. The monoisotopic (exact) mass is 347 g/mol. The van der Waals surface area contributed by atoms with Crippen molar-refractivity contribution in [2.24, 2.45) is 0 Å². The minimum atomic E-state index is 0.0968. The molecule has 1 N–H and O–H groups in total. The molecule has 0 aliphatic carbocycles. The molecule has 2 nitrogen and oxygen atoms in total. The van der Waals surface area contributed by atoms with Gasteiger partial charge in [-0.2, -0.15) is 0 Å². The van der Waals surface area contributed by atoms with Crippen LogP contribution in [0.1, 0.15) is 36.6 Å². The molecule has 0 aliphatic rings. The second-order valence-electron chi connectivity index (χ2n) is 5.07. The molecular formula is C18H22BrNO. The van der Waals surface area contributed by atoms with E-state index < -0.39 is 0 Å². The third-order valence-corrected chi connectivity index (χ3v) is 4.19. The maximum absolute atomic E-state index is 5.97. The summed E-state index contributed by atoms with van der Waals surface area (Å²) < 4.78 is 7.08. The molecule has 1 unspecified atom stereocenters. The molecule has 3 heteroatoms. The van der Waals surface area contributed by atoms with Crippen LogP contribution in [0, 0.1) is 0 Å². The van der Waals surface area contributed by atoms with Crippen molar-refractivity contribution in [1.82, 2.24) is 5.32 Å². The summed E-state index contributed by atoms with van der Waals surface area (Å²) in [6, 6.07) is 16.7. The molecule has 0 saturated carbocycles. The van der Waals surface area contributed by atoms with Crippen molar-refractivity contribution in [3.8, 4) is 0 Å². The number of rotatable bonds is 7. The topological polar surface area (TPSA) is 21.3 Å². The van der Waals surface area contributed by atoms with Gasteiger partial charge in [-0.05, 0) is 36.2 Å². The maximum Gasteiger partial charge on any atom is 0.0801 e. The van der Waals surface area contributed by atoms with E-state index in [-0.39, 0.29) is 6.10 Å². The second-order valence-corrected chi connectivity index (χ2v) is 5.92. The Morgan fingerprint density at radius 3 is 2.57 bits per heavy atom. The van der Waals surface area contributed by atoms with Gasteiger partial charge in [-0.25, -0.2) is 0 Å². The Morgan fingerprint density at radius 2 is 1.90 bits per heavy atom. The van der Waals surface area contributed by atoms with Crippen molar-refractivity contribution >= 4 is 15.9 Å². The fourth-order valence-electron chi connectivity index (χ4n) is 2.12. The summed E-state index contributed by atoms with van der Waals surface area (Å²) in [5.74, 6) is 0. The Labute approximate surface area is 135 Å². The van der Waals surface area contributed by atoms with Crippen LogP contribution in [0.25, 0.3) is 0 Å². The molecule has 0 saturated heterocycles. The van der Waals surface area contributed by atoms with E-state index >= 15 is 0 Å². The molecule has 0 spiro atoms. The van der Waals surface area contributed by atoms with Crippen molar-refractivity contribution in [3.05, 3.63) is 69.7 Å². The first-order valence-electron chi connectivity index (χ1n) is 7.35. The van der Waals surface area contributed by atoms with Gasteiger partial charge in [0.05, 0.1) is 12.7 Å². The molecule has 2 aromatic carbocycles. The molecule has 2 rings (SSSR count). The SMILES string of the molecule is CCNCc1ccc(COC(C)c2ccccc2)c(Br)c1. The zero-order chi connectivity index (χ0) is 15.1. The first-order valence-corrected chi connectivity index (χ1v) is 8.14. The minimum Gasteiger partial charge on any atom is -0.369 e. The fraction of sp³-hybridized carbons (Fsp3) is 0.333. The van der Waals surface area contributed by atoms with Crippen LogP contribution in [-0.4, -0.2) is 6.54 Å². The van der Waals surface area contributed by atoms with Gasteiger partial charge < -0.3 is 10.1 Å². The lowest BCUT2D eigenvalue weighted by Gasteiger charge is -2.15. The summed E-state index contributed by atoms with van der Waals surface area (Å²) in [6.07, 6.45) is 0.0968. The van der Waals surface area contributed by atoms with E-state index in [1.54, 1.807) is 0 Å². The van der Waals surface area contributed by atoms with E-state index in [4.69, 9.17) is 4.74 Å². The molecule has 0 bridgehead atoms. The molecule has 112 valence electrons. The van der Waals surface area contributed by atoms with Crippen molar-refractivity contribution in [2.75, 3.05) is 6.54 Å². The number of benzene rings is 2. The Bertz CT molecular complexity index is 556. The Morgan fingerprint density at radius 1 is 1.14 bits per heavy atom. The molecule has 0 fully saturated rings. The lowest BCUT2D eigenvalue weighted by Crippen LogP contribution is -2.11. The summed E-state index contributed by atoms with van der Waals surface area (Å²) >= 11 is 3.64. The van der Waals surface area contributed by atoms with Gasteiger partial charge in [0, 0.05) is 11.0 Å². The standard InChI is InChI=1S/C18H22BrNO/c1-3-20-12-15-9-10-17(18(19)11-15)13-21-14(2)16-7-5-4-6-8-16/h4-11,14,20H,3,12-13H2,1-2H3. The van der Waals surface area contributed by atoms with E-state index in [0.717, 1.165) is 17.6 Å². The highest BCUT2D eigenvalue weighted by Gasteiger charge is 2.07. The summed E-state index contributed by atoms with van der Waals surface area (Å²) in [7, 11) is 0. The van der Waals surface area contributed by atoms with Gasteiger partial charge in [0.2, 0.25) is 0 Å². The number of ether oxygens (including phenoxy) is 1. The van der Waals surface area contributed by atoms with Gasteiger partial charge in [-0.1, -0.05) is 65.3 Å². The zero-order valence-electron chi connectivity index (χ0n) is 12.6. The first-order chi connectivity index (χ1) is 10.2. The minimum absolute atomic E-state index is 0.0968. The third kappa shape index (κ3) is 4.95. The summed E-state index contributed by atoms with van der Waals surface area (Å²) in [6.45, 7) is 6.69. The second kappa shape index (κ2) is 8.32. The van der Waals surface area contributed by atoms with Crippen LogP contribution < -0.4 is 5.32 Å². The van der Waals surface area contributed by atoms with Gasteiger partial charge >= 0.3 is 0 Å². The van der Waals surface area contributed by atoms with Crippen LogP contribution in [-0.2, 0) is 17.9 Å². The molecule has 0 radical (unpaired) electrons. The van der Waals surface area contributed by atoms with Gasteiger partial charge in [0.25, 0.3) is 0 Å². The molecule has 0 amide bonds. The molecule has 2 aromatic rings. The highest BCUT2D eigenvalue weighted by molar-refractivity contribution is 9.10. The average molecular weight is 348 g/mol. The zero-order valence-corrected chi connectivity index (χ0v) is 14.2. The summed E-state index contributed by atoms with van der Waals surface area (Å²) in [5, 5.41) is 3.33. The van der Waals surface area contributed by atoms with E-state index in [0.29, 0.717) is 6.61 Å². The van der Waals surface area contributed by atoms with Crippen molar-refractivity contribution in [1.29, 1.82) is 0 Å². The van der Waals surface area contributed by atoms with E-state index in [9.17, 15) is 0 Å². The van der Waals surface area contributed by atoms with Crippen LogP contribution in [0.4, 0.5) is 0 Å². The molecule has 21 heavy (non-hydrogen) atoms. The number of nitrogens with one attached hydrogen (secondary N) is 1. The molecule has 0 aliphatic heterocycles. The largest absolute Gasteiger partial charge is 0.369 e. The highest BCUT2D eigenvalue weighted by atomic mass is 79.9. The summed E-state index contributed by atoms with van der Waals surface area (Å²) in [5.41, 5.74) is 3.67. The third-order valence-electron chi connectivity index (χ3n) is 3.45. The number of hydrogen-bond acceptors (Lipinski definition) is 2. The molecule has 0 heterocycles. The fourth-order valence-corrected chi connectivity index (χ4v) is 2.66. The van der Waals surface area contributed by atoms with Crippen LogP contribution in [0.2, 0.25) is 0 Å². The Hall–Kier alpha value is -1.16. The predicted octanol–water partition coefficient (Wildman–Crippen LogP) is 4.84. The van der Waals surface area contributed by atoms with Gasteiger partial charge in [-0.15, -0.1) is 0 Å². The van der Waals surface area contributed by atoms with E-state index in [2.05, 4.69) is 65.4 Å².